The van der Waals surface area contributed by atoms with Crippen LogP contribution in [0.2, 0.25) is 0 Å². The summed E-state index contributed by atoms with van der Waals surface area (Å²) in [5, 5.41) is 2.64. The van der Waals surface area contributed by atoms with Crippen LogP contribution in [0.1, 0.15) is 12.7 Å². The standard InChI is InChI=1S/C16H24N6OS/c1-13-10-21(12-15(23)20(3)16-18-5-9-24-16)7-8-22(13)11-14-17-4-6-19(14)2/h4-6,9,13H,7-8,10-12H2,1-3H3/t13-/m0/s1. The van der Waals surface area contributed by atoms with Crippen molar-refractivity contribution >= 4 is 22.4 Å². The molecule has 0 radical (unpaired) electrons. The smallest absolute Gasteiger partial charge is 0.242 e. The molecule has 130 valence electrons. The first-order valence-electron chi connectivity index (χ1n) is 8.13. The number of aromatic nitrogens is 3. The lowest BCUT2D eigenvalue weighted by molar-refractivity contribution is -0.120. The number of likely N-dealkylation sites (N-methyl/N-ethyl adjacent to an activating group) is 1. The van der Waals surface area contributed by atoms with Crippen molar-refractivity contribution in [2.24, 2.45) is 7.05 Å². The highest BCUT2D eigenvalue weighted by Crippen LogP contribution is 2.17. The molecule has 0 spiro atoms. The van der Waals surface area contributed by atoms with Crippen molar-refractivity contribution in [2.45, 2.75) is 19.5 Å². The number of rotatable bonds is 5. The number of nitrogens with zero attached hydrogens (tertiary/aromatic N) is 6. The molecule has 1 atom stereocenters. The Balaban J connectivity index is 1.52. The van der Waals surface area contributed by atoms with Crippen LogP contribution in [0.3, 0.4) is 0 Å². The molecule has 0 unspecified atom stereocenters. The monoisotopic (exact) mass is 348 g/mol. The number of aryl methyl sites for hydroxylation is 1. The Labute approximate surface area is 146 Å². The Morgan fingerprint density at radius 2 is 2.21 bits per heavy atom. The maximum atomic E-state index is 12.4. The van der Waals surface area contributed by atoms with Gasteiger partial charge >= 0.3 is 0 Å². The van der Waals surface area contributed by atoms with E-state index in [0.717, 1.165) is 37.1 Å². The number of anilines is 1. The van der Waals surface area contributed by atoms with Gasteiger partial charge in [-0.2, -0.15) is 0 Å². The fourth-order valence-electron chi connectivity index (χ4n) is 2.97. The van der Waals surface area contributed by atoms with Crippen LogP contribution in [-0.2, 0) is 18.4 Å². The SMILES string of the molecule is C[C@H]1CN(CC(=O)N(C)c2nccs2)CCN1Cc1nccn1C. The first-order chi connectivity index (χ1) is 11.5. The molecule has 24 heavy (non-hydrogen) atoms. The van der Waals surface area contributed by atoms with E-state index in [1.807, 2.05) is 24.8 Å². The zero-order valence-corrected chi connectivity index (χ0v) is 15.2. The molecule has 3 heterocycles. The summed E-state index contributed by atoms with van der Waals surface area (Å²) in [5.41, 5.74) is 0. The third kappa shape index (κ3) is 3.82. The summed E-state index contributed by atoms with van der Waals surface area (Å²) in [6.45, 7) is 6.24. The highest BCUT2D eigenvalue weighted by atomic mass is 32.1. The van der Waals surface area contributed by atoms with E-state index in [0.29, 0.717) is 12.6 Å². The summed E-state index contributed by atoms with van der Waals surface area (Å²) in [4.78, 5) is 27.3. The van der Waals surface area contributed by atoms with Gasteiger partial charge in [-0.15, -0.1) is 11.3 Å². The molecule has 1 aliphatic heterocycles. The van der Waals surface area contributed by atoms with Crippen molar-refractivity contribution in [3.8, 4) is 0 Å². The van der Waals surface area contributed by atoms with Gasteiger partial charge in [0.15, 0.2) is 5.13 Å². The van der Waals surface area contributed by atoms with Crippen LogP contribution in [0.25, 0.3) is 0 Å². The molecule has 8 heteroatoms. The van der Waals surface area contributed by atoms with Crippen LogP contribution >= 0.6 is 11.3 Å². The molecule has 1 aliphatic rings. The second-order valence-electron chi connectivity index (χ2n) is 6.28. The molecule has 2 aromatic heterocycles. The van der Waals surface area contributed by atoms with Crippen molar-refractivity contribution in [1.82, 2.24) is 24.3 Å². The van der Waals surface area contributed by atoms with Gasteiger partial charge in [0.25, 0.3) is 0 Å². The van der Waals surface area contributed by atoms with Crippen LogP contribution in [0.5, 0.6) is 0 Å². The zero-order valence-electron chi connectivity index (χ0n) is 14.4. The average Bonchev–Trinajstić information content (AvgIpc) is 3.21. The minimum Gasteiger partial charge on any atom is -0.337 e. The average molecular weight is 348 g/mol. The molecule has 3 rings (SSSR count). The van der Waals surface area contributed by atoms with Gasteiger partial charge in [0.05, 0.1) is 13.1 Å². The molecule has 1 saturated heterocycles. The van der Waals surface area contributed by atoms with Crippen LogP contribution in [0.15, 0.2) is 24.0 Å². The first kappa shape index (κ1) is 17.1. The Morgan fingerprint density at radius 3 is 2.83 bits per heavy atom. The molecule has 7 nitrogen and oxygen atoms in total. The lowest BCUT2D eigenvalue weighted by Crippen LogP contribution is -2.53. The summed E-state index contributed by atoms with van der Waals surface area (Å²) in [7, 11) is 3.82. The maximum Gasteiger partial charge on any atom is 0.242 e. The Hall–Kier alpha value is -1.77. The van der Waals surface area contributed by atoms with E-state index in [9.17, 15) is 4.79 Å². The van der Waals surface area contributed by atoms with Crippen molar-refractivity contribution < 1.29 is 4.79 Å². The Bertz CT molecular complexity index is 670. The molecular formula is C16H24N6OS. The summed E-state index contributed by atoms with van der Waals surface area (Å²) < 4.78 is 2.06. The highest BCUT2D eigenvalue weighted by molar-refractivity contribution is 7.13. The van der Waals surface area contributed by atoms with E-state index in [2.05, 4.69) is 31.3 Å². The van der Waals surface area contributed by atoms with Crippen LogP contribution in [0, 0.1) is 0 Å². The second-order valence-corrected chi connectivity index (χ2v) is 7.15. The van der Waals surface area contributed by atoms with E-state index in [4.69, 9.17) is 0 Å². The van der Waals surface area contributed by atoms with E-state index >= 15 is 0 Å². The highest BCUT2D eigenvalue weighted by Gasteiger charge is 2.27. The number of hydrogen-bond donors (Lipinski definition) is 0. The molecule has 0 aromatic carbocycles. The minimum absolute atomic E-state index is 0.0923. The van der Waals surface area contributed by atoms with Gasteiger partial charge in [0, 0.05) is 63.7 Å². The number of thiazole rings is 1. The van der Waals surface area contributed by atoms with Gasteiger partial charge in [-0.05, 0) is 6.92 Å². The topological polar surface area (TPSA) is 57.5 Å². The van der Waals surface area contributed by atoms with E-state index in [-0.39, 0.29) is 5.91 Å². The van der Waals surface area contributed by atoms with Gasteiger partial charge in [-0.1, -0.05) is 0 Å². The van der Waals surface area contributed by atoms with Crippen molar-refractivity contribution in [1.29, 1.82) is 0 Å². The van der Waals surface area contributed by atoms with E-state index in [1.54, 1.807) is 18.1 Å². The summed E-state index contributed by atoms with van der Waals surface area (Å²) in [6.07, 6.45) is 5.54. The van der Waals surface area contributed by atoms with Gasteiger partial charge in [-0.3, -0.25) is 19.5 Å². The largest absolute Gasteiger partial charge is 0.337 e. The summed E-state index contributed by atoms with van der Waals surface area (Å²) in [6, 6.07) is 0.397. The number of piperazine rings is 1. The summed E-state index contributed by atoms with van der Waals surface area (Å²) >= 11 is 1.48. The van der Waals surface area contributed by atoms with Gasteiger partial charge in [0.1, 0.15) is 5.82 Å². The number of imidazole rings is 1. The minimum atomic E-state index is 0.0923. The number of carbonyl (C=O) groups is 1. The normalized spacial score (nSPS) is 19.5. The molecule has 1 fully saturated rings. The third-order valence-corrected chi connectivity index (χ3v) is 5.40. The van der Waals surface area contributed by atoms with Crippen LogP contribution in [-0.4, -0.2) is 69.5 Å². The van der Waals surface area contributed by atoms with Crippen molar-refractivity contribution in [3.63, 3.8) is 0 Å². The fraction of sp³-hybridized carbons (Fsp3) is 0.562. The number of amides is 1. The summed E-state index contributed by atoms with van der Waals surface area (Å²) in [5.74, 6) is 1.17. The fourth-order valence-corrected chi connectivity index (χ4v) is 3.59. The third-order valence-electron chi connectivity index (χ3n) is 4.55. The molecule has 1 amide bonds. The van der Waals surface area contributed by atoms with Crippen molar-refractivity contribution in [2.75, 3.05) is 38.1 Å². The van der Waals surface area contributed by atoms with Gasteiger partial charge < -0.3 is 4.57 Å². The van der Waals surface area contributed by atoms with Crippen LogP contribution < -0.4 is 4.90 Å². The van der Waals surface area contributed by atoms with Crippen molar-refractivity contribution in [3.05, 3.63) is 29.8 Å². The van der Waals surface area contributed by atoms with Gasteiger partial charge in [-0.25, -0.2) is 9.97 Å². The predicted octanol–water partition coefficient (Wildman–Crippen LogP) is 1.05. The number of carbonyl (C=O) groups excluding carboxylic acids is 1. The lowest BCUT2D eigenvalue weighted by Gasteiger charge is -2.39. The van der Waals surface area contributed by atoms with Gasteiger partial charge in [0.2, 0.25) is 5.91 Å². The van der Waals surface area contributed by atoms with E-state index in [1.165, 1.54) is 11.3 Å². The Morgan fingerprint density at radius 1 is 1.38 bits per heavy atom. The quantitative estimate of drug-likeness (QED) is 0.808. The van der Waals surface area contributed by atoms with Crippen LogP contribution in [0.4, 0.5) is 5.13 Å². The Kier molecular flexibility index (Phi) is 5.27. The van der Waals surface area contributed by atoms with E-state index < -0.39 is 0 Å². The zero-order chi connectivity index (χ0) is 17.1. The molecule has 0 bridgehead atoms. The lowest BCUT2D eigenvalue weighted by atomic mass is 10.2. The molecule has 0 aliphatic carbocycles. The molecular weight excluding hydrogens is 324 g/mol. The first-order valence-corrected chi connectivity index (χ1v) is 9.01. The molecule has 0 saturated carbocycles. The number of hydrogen-bond acceptors (Lipinski definition) is 6. The second kappa shape index (κ2) is 7.42. The maximum absolute atomic E-state index is 12.4. The molecule has 2 aromatic rings. The predicted molar refractivity (Wildman–Crippen MR) is 95.0 cm³/mol. The molecule has 0 N–H and O–H groups in total.